The Labute approximate surface area is 103 Å². The van der Waals surface area contributed by atoms with E-state index in [4.69, 9.17) is 5.11 Å². The number of carboxylic acid groups (broad SMARTS) is 1. The smallest absolute Gasteiger partial charge is 0.338 e. The molecule has 1 fully saturated rings. The summed E-state index contributed by atoms with van der Waals surface area (Å²) < 4.78 is 0. The summed E-state index contributed by atoms with van der Waals surface area (Å²) in [5.41, 5.74) is 0.132. The molecule has 17 heavy (non-hydrogen) atoms. The number of carbonyl (C=O) groups is 2. The molecule has 2 atom stereocenters. The molecule has 92 valence electrons. The van der Waals surface area contributed by atoms with Crippen molar-refractivity contribution in [1.29, 1.82) is 0 Å². The number of urea groups is 1. The number of aromatic carboxylic acids is 1. The van der Waals surface area contributed by atoms with Crippen LogP contribution in [0.3, 0.4) is 0 Å². The van der Waals surface area contributed by atoms with E-state index < -0.39 is 5.97 Å². The third kappa shape index (κ3) is 2.76. The van der Waals surface area contributed by atoms with Crippen LogP contribution in [0.4, 0.5) is 9.80 Å². The number of hydrogen-bond acceptors (Lipinski definition) is 3. The van der Waals surface area contributed by atoms with Gasteiger partial charge in [0.2, 0.25) is 0 Å². The number of hydrogen-bond donors (Lipinski definition) is 3. The van der Waals surface area contributed by atoms with Gasteiger partial charge in [0.15, 0.2) is 0 Å². The first-order valence-electron chi connectivity index (χ1n) is 5.50. The lowest BCUT2D eigenvalue weighted by Crippen LogP contribution is -2.31. The highest BCUT2D eigenvalue weighted by Gasteiger charge is 2.36. The van der Waals surface area contributed by atoms with Crippen LogP contribution in [-0.2, 0) is 0 Å². The molecule has 1 aromatic heterocycles. The maximum absolute atomic E-state index is 11.6. The Balaban J connectivity index is 1.90. The van der Waals surface area contributed by atoms with E-state index in [2.05, 4.69) is 17.6 Å². The maximum atomic E-state index is 11.6. The molecule has 6 heteroatoms. The summed E-state index contributed by atoms with van der Waals surface area (Å²) >= 11 is 1.21. The van der Waals surface area contributed by atoms with Crippen LogP contribution in [-0.4, -0.2) is 23.1 Å². The Kier molecular flexibility index (Phi) is 3.33. The highest BCUT2D eigenvalue weighted by atomic mass is 32.1. The molecule has 0 radical (unpaired) electrons. The highest BCUT2D eigenvalue weighted by molar-refractivity contribution is 7.14. The second kappa shape index (κ2) is 4.75. The van der Waals surface area contributed by atoms with Crippen LogP contribution in [0.2, 0.25) is 0 Å². The third-order valence-corrected chi connectivity index (χ3v) is 3.72. The van der Waals surface area contributed by atoms with Crippen molar-refractivity contribution in [3.05, 3.63) is 17.0 Å². The Morgan fingerprint density at radius 2 is 2.35 bits per heavy atom. The normalized spacial score (nSPS) is 21.9. The summed E-state index contributed by atoms with van der Waals surface area (Å²) in [5, 5.41) is 16.3. The van der Waals surface area contributed by atoms with Gasteiger partial charge in [0.1, 0.15) is 5.00 Å². The molecule has 2 amide bonds. The zero-order chi connectivity index (χ0) is 12.4. The van der Waals surface area contributed by atoms with E-state index >= 15 is 0 Å². The minimum absolute atomic E-state index is 0.132. The number of rotatable bonds is 4. The number of carbonyl (C=O) groups excluding carboxylic acids is 1. The van der Waals surface area contributed by atoms with Crippen LogP contribution >= 0.6 is 11.3 Å². The fourth-order valence-corrected chi connectivity index (χ4v) is 2.53. The van der Waals surface area contributed by atoms with Gasteiger partial charge in [0.25, 0.3) is 0 Å². The number of nitrogens with one attached hydrogen (secondary N) is 2. The third-order valence-electron chi connectivity index (χ3n) is 2.89. The zero-order valence-electron chi connectivity index (χ0n) is 9.40. The standard InChI is InChI=1S/C11H14N2O3S/c1-2-6-5-8(6)12-11(16)13-9-7(10(14)15)3-4-17-9/h3-4,6,8H,2,5H2,1H3,(H,14,15)(H2,12,13,16). The molecule has 2 rings (SSSR count). The highest BCUT2D eigenvalue weighted by Crippen LogP contribution is 2.33. The number of amides is 2. The van der Waals surface area contributed by atoms with Crippen molar-refractivity contribution in [2.45, 2.75) is 25.8 Å². The second-order valence-corrected chi connectivity index (χ2v) is 4.99. The minimum Gasteiger partial charge on any atom is -0.478 e. The number of carboxylic acids is 1. The van der Waals surface area contributed by atoms with Gasteiger partial charge in [-0.15, -0.1) is 11.3 Å². The predicted octanol–water partition coefficient (Wildman–Crippen LogP) is 2.37. The van der Waals surface area contributed by atoms with E-state index in [1.54, 1.807) is 5.38 Å². The lowest BCUT2D eigenvalue weighted by molar-refractivity contribution is 0.0698. The van der Waals surface area contributed by atoms with E-state index in [9.17, 15) is 9.59 Å². The second-order valence-electron chi connectivity index (χ2n) is 4.08. The van der Waals surface area contributed by atoms with Crippen molar-refractivity contribution in [2.75, 3.05) is 5.32 Å². The van der Waals surface area contributed by atoms with E-state index in [1.807, 2.05) is 0 Å². The van der Waals surface area contributed by atoms with Crippen LogP contribution in [0, 0.1) is 5.92 Å². The number of thiophene rings is 1. The van der Waals surface area contributed by atoms with Gasteiger partial charge < -0.3 is 10.4 Å². The van der Waals surface area contributed by atoms with Crippen molar-refractivity contribution in [1.82, 2.24) is 5.32 Å². The Morgan fingerprint density at radius 3 is 2.94 bits per heavy atom. The zero-order valence-corrected chi connectivity index (χ0v) is 10.2. The molecule has 0 saturated heterocycles. The quantitative estimate of drug-likeness (QED) is 0.771. The monoisotopic (exact) mass is 254 g/mol. The Hall–Kier alpha value is -1.56. The molecule has 2 unspecified atom stereocenters. The molecular formula is C11H14N2O3S. The van der Waals surface area contributed by atoms with Gasteiger partial charge in [-0.3, -0.25) is 5.32 Å². The summed E-state index contributed by atoms with van der Waals surface area (Å²) in [7, 11) is 0. The summed E-state index contributed by atoms with van der Waals surface area (Å²) in [6.45, 7) is 2.09. The van der Waals surface area contributed by atoms with Crippen molar-refractivity contribution in [2.24, 2.45) is 5.92 Å². The van der Waals surface area contributed by atoms with E-state index in [0.29, 0.717) is 10.9 Å². The van der Waals surface area contributed by atoms with Crippen LogP contribution in [0.1, 0.15) is 30.1 Å². The average molecular weight is 254 g/mol. The van der Waals surface area contributed by atoms with Crippen molar-refractivity contribution >= 4 is 28.3 Å². The fraction of sp³-hybridized carbons (Fsp3) is 0.455. The molecule has 1 aliphatic carbocycles. The fourth-order valence-electron chi connectivity index (χ4n) is 1.76. The molecule has 1 aliphatic rings. The van der Waals surface area contributed by atoms with Crippen LogP contribution < -0.4 is 10.6 Å². The van der Waals surface area contributed by atoms with Gasteiger partial charge in [-0.2, -0.15) is 0 Å². The molecule has 0 spiro atoms. The van der Waals surface area contributed by atoms with E-state index in [-0.39, 0.29) is 17.6 Å². The SMILES string of the molecule is CCC1CC1NC(=O)Nc1sccc1C(=O)O. The van der Waals surface area contributed by atoms with Crippen LogP contribution in [0.25, 0.3) is 0 Å². The predicted molar refractivity (Wildman–Crippen MR) is 65.6 cm³/mol. The summed E-state index contributed by atoms with van der Waals surface area (Å²) in [6, 6.07) is 1.40. The first-order valence-corrected chi connectivity index (χ1v) is 6.38. The summed E-state index contributed by atoms with van der Waals surface area (Å²) in [5.74, 6) is -0.456. The molecule has 0 aliphatic heterocycles. The maximum Gasteiger partial charge on any atom is 0.338 e. The van der Waals surface area contributed by atoms with Crippen molar-refractivity contribution < 1.29 is 14.7 Å². The van der Waals surface area contributed by atoms with Gasteiger partial charge in [0, 0.05) is 6.04 Å². The average Bonchev–Trinajstić information content (AvgIpc) is 2.84. The van der Waals surface area contributed by atoms with Crippen molar-refractivity contribution in [3.63, 3.8) is 0 Å². The van der Waals surface area contributed by atoms with Gasteiger partial charge >= 0.3 is 12.0 Å². The number of anilines is 1. The van der Waals surface area contributed by atoms with Crippen LogP contribution in [0.5, 0.6) is 0 Å². The first kappa shape index (κ1) is 11.9. The van der Waals surface area contributed by atoms with Gasteiger partial charge in [0.05, 0.1) is 5.56 Å². The van der Waals surface area contributed by atoms with Gasteiger partial charge in [-0.25, -0.2) is 9.59 Å². The summed E-state index contributed by atoms with van der Waals surface area (Å²) in [4.78, 5) is 22.4. The lowest BCUT2D eigenvalue weighted by Gasteiger charge is -2.06. The topological polar surface area (TPSA) is 78.4 Å². The van der Waals surface area contributed by atoms with Gasteiger partial charge in [-0.05, 0) is 23.8 Å². The molecule has 1 heterocycles. The Bertz CT molecular complexity index is 444. The Morgan fingerprint density at radius 1 is 1.59 bits per heavy atom. The molecule has 3 N–H and O–H groups in total. The van der Waals surface area contributed by atoms with Crippen molar-refractivity contribution in [3.8, 4) is 0 Å². The molecule has 1 saturated carbocycles. The van der Waals surface area contributed by atoms with E-state index in [1.165, 1.54) is 17.4 Å². The van der Waals surface area contributed by atoms with Gasteiger partial charge in [-0.1, -0.05) is 13.3 Å². The molecular weight excluding hydrogens is 240 g/mol. The van der Waals surface area contributed by atoms with Crippen LogP contribution in [0.15, 0.2) is 11.4 Å². The molecule has 0 bridgehead atoms. The van der Waals surface area contributed by atoms with E-state index in [0.717, 1.165) is 12.8 Å². The molecule has 0 aromatic carbocycles. The first-order chi connectivity index (χ1) is 8.11. The largest absolute Gasteiger partial charge is 0.478 e. The summed E-state index contributed by atoms with van der Waals surface area (Å²) in [6.07, 6.45) is 2.07. The molecule has 5 nitrogen and oxygen atoms in total. The lowest BCUT2D eigenvalue weighted by atomic mass is 10.3. The minimum atomic E-state index is -1.03. The molecule has 1 aromatic rings.